The summed E-state index contributed by atoms with van der Waals surface area (Å²) in [4.78, 5) is 2.49. The van der Waals surface area contributed by atoms with Gasteiger partial charge in [-0.2, -0.15) is 0 Å². The first kappa shape index (κ1) is 15.1. The smallest absolute Gasteiger partial charge is 0.0642 e. The fraction of sp³-hybridized carbons (Fsp3) is 0.647. The van der Waals surface area contributed by atoms with Crippen molar-refractivity contribution in [1.29, 1.82) is 0 Å². The summed E-state index contributed by atoms with van der Waals surface area (Å²) < 4.78 is 5.03. The summed E-state index contributed by atoms with van der Waals surface area (Å²) in [5, 5.41) is 4.24. The molecule has 0 radical (unpaired) electrons. The zero-order valence-corrected chi connectivity index (χ0v) is 13.5. The average molecular weight is 309 g/mol. The van der Waals surface area contributed by atoms with Gasteiger partial charge in [0, 0.05) is 33.3 Å². The fourth-order valence-electron chi connectivity index (χ4n) is 3.76. The van der Waals surface area contributed by atoms with E-state index < -0.39 is 0 Å². The van der Waals surface area contributed by atoms with Crippen LogP contribution in [0.25, 0.3) is 0 Å². The Hall–Kier alpha value is -0.770. The van der Waals surface area contributed by atoms with Crippen LogP contribution in [0.5, 0.6) is 0 Å². The Labute approximate surface area is 132 Å². The number of anilines is 1. The number of fused-ring (bicyclic) bond motifs is 1. The van der Waals surface area contributed by atoms with Crippen molar-refractivity contribution < 1.29 is 4.74 Å². The molecule has 2 atom stereocenters. The van der Waals surface area contributed by atoms with Crippen molar-refractivity contribution in [2.75, 3.05) is 38.3 Å². The van der Waals surface area contributed by atoms with E-state index in [9.17, 15) is 0 Å². The Morgan fingerprint density at radius 3 is 2.71 bits per heavy atom. The highest BCUT2D eigenvalue weighted by atomic mass is 35.5. The predicted molar refractivity (Wildman–Crippen MR) is 88.1 cm³/mol. The molecule has 0 bridgehead atoms. The van der Waals surface area contributed by atoms with Gasteiger partial charge in [-0.05, 0) is 42.4 Å². The van der Waals surface area contributed by atoms with E-state index in [0.717, 1.165) is 36.6 Å². The maximum absolute atomic E-state index is 6.51. The minimum absolute atomic E-state index is 0.738. The number of methoxy groups -OCH3 is 1. The molecular formula is C17H25ClN2O. The second-order valence-corrected chi connectivity index (χ2v) is 6.72. The molecule has 1 saturated heterocycles. The zero-order chi connectivity index (χ0) is 14.7. The second kappa shape index (κ2) is 6.99. The van der Waals surface area contributed by atoms with Crippen LogP contribution in [0.15, 0.2) is 18.2 Å². The second-order valence-electron chi connectivity index (χ2n) is 6.31. The van der Waals surface area contributed by atoms with Crippen LogP contribution in [0.2, 0.25) is 5.02 Å². The molecule has 1 saturated carbocycles. The van der Waals surface area contributed by atoms with Gasteiger partial charge in [-0.1, -0.05) is 24.1 Å². The van der Waals surface area contributed by atoms with E-state index in [0.29, 0.717) is 0 Å². The summed E-state index contributed by atoms with van der Waals surface area (Å²) in [7, 11) is 1.72. The van der Waals surface area contributed by atoms with Crippen LogP contribution in [0.4, 0.5) is 5.69 Å². The van der Waals surface area contributed by atoms with Gasteiger partial charge in [0.2, 0.25) is 0 Å². The molecule has 3 rings (SSSR count). The van der Waals surface area contributed by atoms with Gasteiger partial charge in [0.1, 0.15) is 0 Å². The zero-order valence-electron chi connectivity index (χ0n) is 12.8. The number of hydrogen-bond donors (Lipinski definition) is 1. The number of ether oxygens (including phenoxy) is 1. The number of hydrogen-bond acceptors (Lipinski definition) is 3. The number of benzene rings is 1. The first-order chi connectivity index (χ1) is 10.3. The molecule has 1 N–H and O–H groups in total. The van der Waals surface area contributed by atoms with Crippen molar-refractivity contribution in [3.8, 4) is 0 Å². The summed E-state index contributed by atoms with van der Waals surface area (Å²) in [6.07, 6.45) is 4.23. The summed E-state index contributed by atoms with van der Waals surface area (Å²) in [6, 6.07) is 6.48. The molecule has 116 valence electrons. The van der Waals surface area contributed by atoms with Crippen LogP contribution >= 0.6 is 11.6 Å². The normalized spacial score (nSPS) is 24.6. The highest BCUT2D eigenvalue weighted by Crippen LogP contribution is 2.41. The lowest BCUT2D eigenvalue weighted by Gasteiger charge is -2.21. The largest absolute Gasteiger partial charge is 0.383 e. The Bertz CT molecular complexity index is 468. The van der Waals surface area contributed by atoms with Crippen molar-refractivity contribution in [1.82, 2.24) is 5.32 Å². The molecule has 2 aliphatic rings. The standard InChI is InChI=1S/C17H25ClN2O/c1-21-8-7-19-10-13-5-6-17(16(18)9-13)20-11-14-3-2-4-15(14)12-20/h5-6,9,14-15,19H,2-4,7-8,10-12H2,1H3. The van der Waals surface area contributed by atoms with Gasteiger partial charge < -0.3 is 15.0 Å². The number of nitrogens with one attached hydrogen (secondary N) is 1. The number of halogens is 1. The Morgan fingerprint density at radius 2 is 2.05 bits per heavy atom. The van der Waals surface area contributed by atoms with Crippen molar-refractivity contribution in [2.24, 2.45) is 11.8 Å². The Morgan fingerprint density at radius 1 is 1.29 bits per heavy atom. The lowest BCUT2D eigenvalue weighted by molar-refractivity contribution is 0.199. The first-order valence-corrected chi connectivity index (χ1v) is 8.38. The van der Waals surface area contributed by atoms with E-state index in [1.165, 1.54) is 43.6 Å². The van der Waals surface area contributed by atoms with Gasteiger partial charge in [0.15, 0.2) is 0 Å². The van der Waals surface area contributed by atoms with E-state index >= 15 is 0 Å². The van der Waals surface area contributed by atoms with Crippen molar-refractivity contribution in [2.45, 2.75) is 25.8 Å². The van der Waals surface area contributed by atoms with Gasteiger partial charge >= 0.3 is 0 Å². The van der Waals surface area contributed by atoms with Crippen LogP contribution in [-0.4, -0.2) is 33.4 Å². The van der Waals surface area contributed by atoms with E-state index in [4.69, 9.17) is 16.3 Å². The molecule has 0 aromatic heterocycles. The van der Waals surface area contributed by atoms with Gasteiger partial charge in [-0.25, -0.2) is 0 Å². The molecule has 4 heteroatoms. The van der Waals surface area contributed by atoms with Crippen LogP contribution in [0, 0.1) is 11.8 Å². The first-order valence-electron chi connectivity index (χ1n) is 8.01. The molecule has 0 amide bonds. The van der Waals surface area contributed by atoms with Gasteiger partial charge in [0.25, 0.3) is 0 Å². The third kappa shape index (κ3) is 3.53. The molecule has 1 aliphatic heterocycles. The molecule has 1 aromatic carbocycles. The predicted octanol–water partition coefficient (Wildman–Crippen LogP) is 3.31. The van der Waals surface area contributed by atoms with Crippen molar-refractivity contribution in [3.05, 3.63) is 28.8 Å². The highest BCUT2D eigenvalue weighted by molar-refractivity contribution is 6.33. The monoisotopic (exact) mass is 308 g/mol. The minimum atomic E-state index is 0.738. The molecule has 1 aromatic rings. The summed E-state index contributed by atoms with van der Waals surface area (Å²) in [5.74, 6) is 1.80. The fourth-order valence-corrected chi connectivity index (χ4v) is 4.08. The number of rotatable bonds is 6. The molecule has 21 heavy (non-hydrogen) atoms. The number of nitrogens with zero attached hydrogens (tertiary/aromatic N) is 1. The quantitative estimate of drug-likeness (QED) is 0.816. The average Bonchev–Trinajstić information content (AvgIpc) is 3.05. The lowest BCUT2D eigenvalue weighted by atomic mass is 10.0. The Kier molecular flexibility index (Phi) is 5.04. The summed E-state index contributed by atoms with van der Waals surface area (Å²) in [5.41, 5.74) is 2.45. The SMILES string of the molecule is COCCNCc1ccc(N2CC3CCCC3C2)c(Cl)c1. The van der Waals surface area contributed by atoms with E-state index in [-0.39, 0.29) is 0 Å². The minimum Gasteiger partial charge on any atom is -0.383 e. The maximum atomic E-state index is 6.51. The van der Waals surface area contributed by atoms with Gasteiger partial charge in [0.05, 0.1) is 17.3 Å². The van der Waals surface area contributed by atoms with Gasteiger partial charge in [-0.3, -0.25) is 0 Å². The molecule has 2 unspecified atom stereocenters. The third-order valence-electron chi connectivity index (χ3n) is 4.89. The topological polar surface area (TPSA) is 24.5 Å². The molecule has 1 aliphatic carbocycles. The lowest BCUT2D eigenvalue weighted by Crippen LogP contribution is -2.21. The maximum Gasteiger partial charge on any atom is 0.0642 e. The summed E-state index contributed by atoms with van der Waals surface area (Å²) >= 11 is 6.51. The van der Waals surface area contributed by atoms with Crippen molar-refractivity contribution in [3.63, 3.8) is 0 Å². The van der Waals surface area contributed by atoms with Gasteiger partial charge in [-0.15, -0.1) is 0 Å². The van der Waals surface area contributed by atoms with Crippen LogP contribution in [-0.2, 0) is 11.3 Å². The van der Waals surface area contributed by atoms with Crippen molar-refractivity contribution >= 4 is 17.3 Å². The van der Waals surface area contributed by atoms with E-state index in [1.807, 2.05) is 0 Å². The molecule has 3 nitrogen and oxygen atoms in total. The van der Waals surface area contributed by atoms with Crippen LogP contribution < -0.4 is 10.2 Å². The van der Waals surface area contributed by atoms with E-state index in [2.05, 4.69) is 28.4 Å². The van der Waals surface area contributed by atoms with E-state index in [1.54, 1.807) is 7.11 Å². The summed E-state index contributed by atoms with van der Waals surface area (Å²) in [6.45, 7) is 4.83. The molecule has 1 heterocycles. The third-order valence-corrected chi connectivity index (χ3v) is 5.19. The highest BCUT2D eigenvalue weighted by Gasteiger charge is 2.36. The van der Waals surface area contributed by atoms with Crippen LogP contribution in [0.1, 0.15) is 24.8 Å². The molecule has 0 spiro atoms. The molecule has 2 fully saturated rings. The Balaban J connectivity index is 1.59. The van der Waals surface area contributed by atoms with Crippen LogP contribution in [0.3, 0.4) is 0 Å². The molecular weight excluding hydrogens is 284 g/mol.